The highest BCUT2D eigenvalue weighted by Crippen LogP contribution is 2.26. The van der Waals surface area contributed by atoms with Crippen LogP contribution in [0.3, 0.4) is 0 Å². The summed E-state index contributed by atoms with van der Waals surface area (Å²) in [5.74, 6) is 0.772. The zero-order valence-corrected chi connectivity index (χ0v) is 16.1. The number of hydrogen-bond acceptors (Lipinski definition) is 3. The highest BCUT2D eigenvalue weighted by molar-refractivity contribution is 5.97. The van der Waals surface area contributed by atoms with E-state index in [1.807, 2.05) is 39.0 Å². The average Bonchev–Trinajstić information content (AvgIpc) is 2.55. The maximum atomic E-state index is 12.7. The fraction of sp³-hybridized carbons (Fsp3) is 0.650. The van der Waals surface area contributed by atoms with Crippen LogP contribution in [0.2, 0.25) is 0 Å². The first-order valence-corrected chi connectivity index (χ1v) is 9.09. The van der Waals surface area contributed by atoms with Gasteiger partial charge in [-0.3, -0.25) is 4.79 Å². The largest absolute Gasteiger partial charge is 0.490 e. The molecule has 0 aliphatic heterocycles. The van der Waals surface area contributed by atoms with Gasteiger partial charge < -0.3 is 14.8 Å². The number of nitrogens with one attached hydrogen (secondary N) is 1. The molecule has 24 heavy (non-hydrogen) atoms. The number of amides is 1. The van der Waals surface area contributed by atoms with Crippen molar-refractivity contribution < 1.29 is 14.3 Å². The third kappa shape index (κ3) is 5.82. The molecule has 0 saturated carbocycles. The van der Waals surface area contributed by atoms with Gasteiger partial charge in [0.1, 0.15) is 11.4 Å². The van der Waals surface area contributed by atoms with Crippen molar-refractivity contribution in [2.45, 2.75) is 78.9 Å². The normalized spacial score (nSPS) is 14.8. The third-order valence-corrected chi connectivity index (χ3v) is 4.29. The molecule has 0 aliphatic carbocycles. The fourth-order valence-corrected chi connectivity index (χ4v) is 2.51. The second kappa shape index (κ2) is 9.67. The van der Waals surface area contributed by atoms with Crippen molar-refractivity contribution in [3.63, 3.8) is 0 Å². The first-order valence-electron chi connectivity index (χ1n) is 9.09. The lowest BCUT2D eigenvalue weighted by Gasteiger charge is -2.28. The van der Waals surface area contributed by atoms with Crippen molar-refractivity contribution in [3.8, 4) is 5.75 Å². The lowest BCUT2D eigenvalue weighted by molar-refractivity contribution is -0.139. The van der Waals surface area contributed by atoms with E-state index in [9.17, 15) is 4.79 Å². The summed E-state index contributed by atoms with van der Waals surface area (Å²) in [5, 5.41) is 2.99. The topological polar surface area (TPSA) is 47.6 Å². The lowest BCUT2D eigenvalue weighted by Crippen LogP contribution is -2.42. The van der Waals surface area contributed by atoms with Crippen molar-refractivity contribution in [3.05, 3.63) is 23.8 Å². The molecule has 0 saturated heterocycles. The second-order valence-corrected chi connectivity index (χ2v) is 6.54. The van der Waals surface area contributed by atoms with E-state index in [0.717, 1.165) is 42.7 Å². The molecule has 1 aromatic rings. The first kappa shape index (κ1) is 20.5. The predicted molar refractivity (Wildman–Crippen MR) is 99.7 cm³/mol. The molecule has 1 N–H and O–H groups in total. The van der Waals surface area contributed by atoms with Crippen LogP contribution in [0.1, 0.15) is 65.9 Å². The Morgan fingerprint density at radius 2 is 2.00 bits per heavy atom. The summed E-state index contributed by atoms with van der Waals surface area (Å²) >= 11 is 0. The van der Waals surface area contributed by atoms with Crippen molar-refractivity contribution in [1.82, 2.24) is 0 Å². The number of benzene rings is 1. The second-order valence-electron chi connectivity index (χ2n) is 6.54. The summed E-state index contributed by atoms with van der Waals surface area (Å²) in [6.45, 7) is 12.6. The number of aryl methyl sites for hydroxylation is 1. The molecule has 0 fully saturated rings. The highest BCUT2D eigenvalue weighted by Gasteiger charge is 2.33. The van der Waals surface area contributed by atoms with Gasteiger partial charge >= 0.3 is 0 Å². The van der Waals surface area contributed by atoms with Gasteiger partial charge in [0.05, 0.1) is 6.10 Å². The highest BCUT2D eigenvalue weighted by atomic mass is 16.5. The van der Waals surface area contributed by atoms with E-state index < -0.39 is 5.60 Å². The molecule has 0 aromatic heterocycles. The molecule has 4 heteroatoms. The van der Waals surface area contributed by atoms with E-state index >= 15 is 0 Å². The summed E-state index contributed by atoms with van der Waals surface area (Å²) in [4.78, 5) is 12.7. The third-order valence-electron chi connectivity index (χ3n) is 4.29. The number of anilines is 1. The smallest absolute Gasteiger partial charge is 0.256 e. The quantitative estimate of drug-likeness (QED) is 0.647. The van der Waals surface area contributed by atoms with Crippen molar-refractivity contribution >= 4 is 11.6 Å². The standard InChI is InChI=1S/C20H33NO3/c1-7-10-13-20(6,23-9-3)19(22)21-17-11-12-18(15(4)14-17)24-16(5)8-2/h11-12,14,16H,7-10,13H2,1-6H3,(H,21,22)/t16-,20+/m1/s1. The zero-order chi connectivity index (χ0) is 18.2. The number of carbonyl (C=O) groups excluding carboxylic acids is 1. The van der Waals surface area contributed by atoms with E-state index in [1.165, 1.54) is 0 Å². The van der Waals surface area contributed by atoms with Gasteiger partial charge in [0.15, 0.2) is 0 Å². The minimum Gasteiger partial charge on any atom is -0.490 e. The molecule has 0 spiro atoms. The number of ether oxygens (including phenoxy) is 2. The minimum atomic E-state index is -0.787. The van der Waals surface area contributed by atoms with Crippen molar-refractivity contribution in [1.29, 1.82) is 0 Å². The molecular weight excluding hydrogens is 302 g/mol. The molecule has 0 bridgehead atoms. The van der Waals surface area contributed by atoms with Gasteiger partial charge in [-0.05, 0) is 64.3 Å². The average molecular weight is 335 g/mol. The Hall–Kier alpha value is -1.55. The Balaban J connectivity index is 2.83. The molecule has 0 heterocycles. The summed E-state index contributed by atoms with van der Waals surface area (Å²) in [6, 6.07) is 5.75. The maximum Gasteiger partial charge on any atom is 0.256 e. The summed E-state index contributed by atoms with van der Waals surface area (Å²) in [5.41, 5.74) is 1.00. The molecule has 4 nitrogen and oxygen atoms in total. The molecule has 0 aliphatic rings. The van der Waals surface area contributed by atoms with Gasteiger partial charge in [0, 0.05) is 12.3 Å². The van der Waals surface area contributed by atoms with E-state index in [4.69, 9.17) is 9.47 Å². The van der Waals surface area contributed by atoms with Gasteiger partial charge in [-0.2, -0.15) is 0 Å². The van der Waals surface area contributed by atoms with Crippen LogP contribution < -0.4 is 10.1 Å². The Labute approximate surface area is 146 Å². The Kier molecular flexibility index (Phi) is 8.26. The van der Waals surface area contributed by atoms with Gasteiger partial charge in [-0.1, -0.05) is 26.7 Å². The summed E-state index contributed by atoms with van der Waals surface area (Å²) in [7, 11) is 0. The number of unbranched alkanes of at least 4 members (excludes halogenated alkanes) is 1. The number of carbonyl (C=O) groups is 1. The van der Waals surface area contributed by atoms with Crippen LogP contribution in [-0.2, 0) is 9.53 Å². The van der Waals surface area contributed by atoms with E-state index in [2.05, 4.69) is 26.1 Å². The van der Waals surface area contributed by atoms with Crippen LogP contribution in [-0.4, -0.2) is 24.2 Å². The Morgan fingerprint density at radius 3 is 2.54 bits per heavy atom. The van der Waals surface area contributed by atoms with Crippen LogP contribution >= 0.6 is 0 Å². The molecule has 1 aromatic carbocycles. The Bertz CT molecular complexity index is 530. The number of rotatable bonds is 10. The molecule has 136 valence electrons. The molecule has 2 atom stereocenters. The molecule has 0 radical (unpaired) electrons. The molecule has 0 unspecified atom stereocenters. The molecule has 1 amide bonds. The molecule has 1 rings (SSSR count). The van der Waals surface area contributed by atoms with E-state index in [1.54, 1.807) is 0 Å². The maximum absolute atomic E-state index is 12.7. The van der Waals surface area contributed by atoms with Gasteiger partial charge in [0.25, 0.3) is 5.91 Å². The van der Waals surface area contributed by atoms with Gasteiger partial charge in [-0.25, -0.2) is 0 Å². The Morgan fingerprint density at radius 1 is 1.29 bits per heavy atom. The SMILES string of the molecule is CCCC[C@](C)(OCC)C(=O)Nc1ccc(O[C@H](C)CC)c(C)c1. The minimum absolute atomic E-state index is 0.0900. The lowest BCUT2D eigenvalue weighted by atomic mass is 9.97. The first-order chi connectivity index (χ1) is 11.4. The summed E-state index contributed by atoms with van der Waals surface area (Å²) < 4.78 is 11.6. The van der Waals surface area contributed by atoms with Crippen LogP contribution in [0.4, 0.5) is 5.69 Å². The van der Waals surface area contributed by atoms with Gasteiger partial charge in [0.2, 0.25) is 0 Å². The molecular formula is C20H33NO3. The van der Waals surface area contributed by atoms with Crippen molar-refractivity contribution in [2.24, 2.45) is 0 Å². The van der Waals surface area contributed by atoms with Gasteiger partial charge in [-0.15, -0.1) is 0 Å². The number of hydrogen-bond donors (Lipinski definition) is 1. The monoisotopic (exact) mass is 335 g/mol. The summed E-state index contributed by atoms with van der Waals surface area (Å²) in [6.07, 6.45) is 3.86. The van der Waals surface area contributed by atoms with E-state index in [0.29, 0.717) is 6.61 Å². The van der Waals surface area contributed by atoms with Crippen LogP contribution in [0.5, 0.6) is 5.75 Å². The van der Waals surface area contributed by atoms with Crippen LogP contribution in [0.25, 0.3) is 0 Å². The predicted octanol–water partition coefficient (Wildman–Crippen LogP) is 5.10. The van der Waals surface area contributed by atoms with Crippen LogP contribution in [0.15, 0.2) is 18.2 Å². The van der Waals surface area contributed by atoms with E-state index in [-0.39, 0.29) is 12.0 Å². The fourth-order valence-electron chi connectivity index (χ4n) is 2.51. The zero-order valence-electron chi connectivity index (χ0n) is 16.1. The van der Waals surface area contributed by atoms with Crippen molar-refractivity contribution in [2.75, 3.05) is 11.9 Å². The van der Waals surface area contributed by atoms with Crippen LogP contribution in [0, 0.1) is 6.92 Å².